The van der Waals surface area contributed by atoms with Crippen molar-refractivity contribution in [2.45, 2.75) is 24.7 Å². The molecule has 1 aliphatic heterocycles. The highest BCUT2D eigenvalue weighted by atomic mass is 16.2. The van der Waals surface area contributed by atoms with Gasteiger partial charge in [-0.1, -0.05) is 54.6 Å². The molecule has 1 atom stereocenters. The van der Waals surface area contributed by atoms with E-state index in [1.165, 1.54) is 0 Å². The third-order valence-corrected chi connectivity index (χ3v) is 5.76. The maximum atomic E-state index is 13.5. The van der Waals surface area contributed by atoms with Gasteiger partial charge in [-0.3, -0.25) is 14.6 Å². The number of carbonyl (C=O) groups is 2. The molecular weight excluding hydrogens is 374 g/mol. The van der Waals surface area contributed by atoms with Crippen LogP contribution in [0.5, 0.6) is 0 Å². The predicted molar refractivity (Wildman–Crippen MR) is 117 cm³/mol. The van der Waals surface area contributed by atoms with Crippen LogP contribution >= 0.6 is 0 Å². The number of hydrogen-bond acceptors (Lipinski definition) is 3. The lowest BCUT2D eigenvalue weighted by atomic mass is 9.73. The molecule has 2 heterocycles. The lowest BCUT2D eigenvalue weighted by Gasteiger charge is -2.28. The van der Waals surface area contributed by atoms with Crippen LogP contribution in [-0.4, -0.2) is 30.4 Å². The fraction of sp³-hybridized carbons (Fsp3) is 0.240. The van der Waals surface area contributed by atoms with Gasteiger partial charge in [-0.05, 0) is 41.7 Å². The predicted octanol–water partition coefficient (Wildman–Crippen LogP) is 3.29. The number of hydrogen-bond donors (Lipinski definition) is 1. The van der Waals surface area contributed by atoms with Gasteiger partial charge in [0.25, 0.3) is 0 Å². The van der Waals surface area contributed by atoms with E-state index in [1.54, 1.807) is 24.3 Å². The fourth-order valence-electron chi connectivity index (χ4n) is 4.29. The van der Waals surface area contributed by atoms with Crippen LogP contribution in [-0.2, 0) is 27.8 Å². The van der Waals surface area contributed by atoms with Crippen LogP contribution in [0.25, 0.3) is 0 Å². The van der Waals surface area contributed by atoms with Gasteiger partial charge in [-0.2, -0.15) is 0 Å². The SMILES string of the molecule is CN1C(=O)C(CC(=O)NCCc2cccnc2)(Cc2ccccc2)c2ccccc21. The number of nitrogens with zero attached hydrogens (tertiary/aromatic N) is 2. The summed E-state index contributed by atoms with van der Waals surface area (Å²) in [6.07, 6.45) is 4.85. The van der Waals surface area contributed by atoms with Crippen molar-refractivity contribution in [2.24, 2.45) is 0 Å². The van der Waals surface area contributed by atoms with Crippen LogP contribution < -0.4 is 10.2 Å². The van der Waals surface area contributed by atoms with Gasteiger partial charge < -0.3 is 10.2 Å². The second kappa shape index (κ2) is 8.49. The minimum absolute atomic E-state index is 0.0324. The van der Waals surface area contributed by atoms with Crippen molar-refractivity contribution in [3.63, 3.8) is 0 Å². The molecule has 0 aliphatic carbocycles. The Morgan fingerprint density at radius 1 is 1.00 bits per heavy atom. The molecule has 1 aliphatic rings. The topological polar surface area (TPSA) is 62.3 Å². The summed E-state index contributed by atoms with van der Waals surface area (Å²) in [4.78, 5) is 32.2. The summed E-state index contributed by atoms with van der Waals surface area (Å²) in [6, 6.07) is 21.6. The van der Waals surface area contributed by atoms with Crippen LogP contribution in [0.1, 0.15) is 23.1 Å². The number of nitrogens with one attached hydrogen (secondary N) is 1. The number of carbonyl (C=O) groups excluding carboxylic acids is 2. The molecule has 5 nitrogen and oxygen atoms in total. The molecule has 0 spiro atoms. The number of fused-ring (bicyclic) bond motifs is 1. The van der Waals surface area contributed by atoms with E-state index >= 15 is 0 Å². The molecule has 0 bridgehead atoms. The zero-order valence-electron chi connectivity index (χ0n) is 17.0. The Balaban J connectivity index is 1.57. The standard InChI is InChI=1S/C25H25N3O2/c1-28-22-12-6-5-11-21(22)25(24(28)30,16-19-8-3-2-4-9-19)17-23(29)27-15-13-20-10-7-14-26-18-20/h2-12,14,18H,13,15-17H2,1H3,(H,27,29). The van der Waals surface area contributed by atoms with Gasteiger partial charge >= 0.3 is 0 Å². The zero-order valence-corrected chi connectivity index (χ0v) is 17.0. The molecule has 0 fully saturated rings. The van der Waals surface area contributed by atoms with Gasteiger partial charge in [0.1, 0.15) is 0 Å². The summed E-state index contributed by atoms with van der Waals surface area (Å²) in [5.74, 6) is -0.150. The summed E-state index contributed by atoms with van der Waals surface area (Å²) in [6.45, 7) is 0.512. The second-order valence-electron chi connectivity index (χ2n) is 7.76. The summed E-state index contributed by atoms with van der Waals surface area (Å²) >= 11 is 0. The van der Waals surface area contributed by atoms with Crippen LogP contribution in [0, 0.1) is 0 Å². The molecule has 5 heteroatoms. The third kappa shape index (κ3) is 3.83. The number of benzene rings is 2. The largest absolute Gasteiger partial charge is 0.356 e. The molecule has 0 saturated carbocycles. The van der Waals surface area contributed by atoms with Crippen molar-refractivity contribution in [3.05, 3.63) is 95.8 Å². The molecule has 0 radical (unpaired) electrons. The van der Waals surface area contributed by atoms with E-state index in [0.717, 1.165) is 22.4 Å². The van der Waals surface area contributed by atoms with Gasteiger partial charge in [-0.25, -0.2) is 0 Å². The average Bonchev–Trinajstić information content (AvgIpc) is 2.97. The fourth-order valence-corrected chi connectivity index (χ4v) is 4.29. The first-order valence-corrected chi connectivity index (χ1v) is 10.2. The zero-order chi connectivity index (χ0) is 21.0. The van der Waals surface area contributed by atoms with E-state index in [9.17, 15) is 9.59 Å². The van der Waals surface area contributed by atoms with Gasteiger partial charge in [0.2, 0.25) is 11.8 Å². The molecule has 2 amide bonds. The summed E-state index contributed by atoms with van der Waals surface area (Å²) in [5.41, 5.74) is 3.01. The molecule has 0 saturated heterocycles. The van der Waals surface area contributed by atoms with Gasteiger partial charge in [0, 0.05) is 38.1 Å². The molecule has 2 aromatic carbocycles. The lowest BCUT2D eigenvalue weighted by Crippen LogP contribution is -2.44. The molecule has 1 unspecified atom stereocenters. The number of anilines is 1. The number of para-hydroxylation sites is 1. The Morgan fingerprint density at radius 3 is 2.50 bits per heavy atom. The lowest BCUT2D eigenvalue weighted by molar-refractivity contribution is -0.129. The van der Waals surface area contributed by atoms with Crippen molar-refractivity contribution in [2.75, 3.05) is 18.5 Å². The van der Waals surface area contributed by atoms with Crippen LogP contribution in [0.2, 0.25) is 0 Å². The molecule has 4 rings (SSSR count). The van der Waals surface area contributed by atoms with E-state index < -0.39 is 5.41 Å². The quantitative estimate of drug-likeness (QED) is 0.663. The van der Waals surface area contributed by atoms with Crippen molar-refractivity contribution < 1.29 is 9.59 Å². The first kappa shape index (κ1) is 19.8. The van der Waals surface area contributed by atoms with Crippen LogP contribution in [0.4, 0.5) is 5.69 Å². The maximum Gasteiger partial charge on any atom is 0.238 e. The third-order valence-electron chi connectivity index (χ3n) is 5.76. The smallest absolute Gasteiger partial charge is 0.238 e. The normalized spacial score (nSPS) is 17.6. The second-order valence-corrected chi connectivity index (χ2v) is 7.76. The van der Waals surface area contributed by atoms with Gasteiger partial charge in [0.05, 0.1) is 5.41 Å². The number of aromatic nitrogens is 1. The van der Waals surface area contributed by atoms with E-state index in [1.807, 2.05) is 66.7 Å². The van der Waals surface area contributed by atoms with Gasteiger partial charge in [-0.15, -0.1) is 0 Å². The molecule has 3 aromatic rings. The highest BCUT2D eigenvalue weighted by Crippen LogP contribution is 2.45. The Hall–Kier alpha value is -3.47. The average molecular weight is 399 g/mol. The molecule has 1 N–H and O–H groups in total. The minimum atomic E-state index is -0.898. The Labute approximate surface area is 176 Å². The first-order valence-electron chi connectivity index (χ1n) is 10.2. The number of pyridine rings is 1. The van der Waals surface area contributed by atoms with E-state index in [-0.39, 0.29) is 18.2 Å². The van der Waals surface area contributed by atoms with Crippen molar-refractivity contribution >= 4 is 17.5 Å². The summed E-state index contributed by atoms with van der Waals surface area (Å²) in [5, 5.41) is 3.00. The molecule has 30 heavy (non-hydrogen) atoms. The first-order chi connectivity index (χ1) is 14.6. The number of likely N-dealkylation sites (N-methyl/N-ethyl adjacent to an activating group) is 1. The minimum Gasteiger partial charge on any atom is -0.356 e. The van der Waals surface area contributed by atoms with Crippen LogP contribution in [0.15, 0.2) is 79.1 Å². The summed E-state index contributed by atoms with van der Waals surface area (Å²) < 4.78 is 0. The Bertz CT molecular complexity index is 1040. The summed E-state index contributed by atoms with van der Waals surface area (Å²) in [7, 11) is 1.79. The number of amides is 2. The Kier molecular flexibility index (Phi) is 5.61. The van der Waals surface area contributed by atoms with Crippen molar-refractivity contribution in [1.82, 2.24) is 10.3 Å². The monoisotopic (exact) mass is 399 g/mol. The highest BCUT2D eigenvalue weighted by Gasteiger charge is 2.50. The maximum absolute atomic E-state index is 13.5. The van der Waals surface area contributed by atoms with Gasteiger partial charge in [0.15, 0.2) is 0 Å². The highest BCUT2D eigenvalue weighted by molar-refractivity contribution is 6.09. The van der Waals surface area contributed by atoms with E-state index in [2.05, 4.69) is 10.3 Å². The molecule has 1 aromatic heterocycles. The number of rotatable bonds is 7. The van der Waals surface area contributed by atoms with E-state index in [4.69, 9.17) is 0 Å². The van der Waals surface area contributed by atoms with Crippen molar-refractivity contribution in [1.29, 1.82) is 0 Å². The molecular formula is C25H25N3O2. The van der Waals surface area contributed by atoms with Crippen molar-refractivity contribution in [3.8, 4) is 0 Å². The van der Waals surface area contributed by atoms with Crippen LogP contribution in [0.3, 0.4) is 0 Å². The van der Waals surface area contributed by atoms with E-state index in [0.29, 0.717) is 19.4 Å². The molecule has 152 valence electrons. The Morgan fingerprint density at radius 2 is 1.73 bits per heavy atom.